The van der Waals surface area contributed by atoms with Crippen LogP contribution < -0.4 is 10.9 Å². The van der Waals surface area contributed by atoms with E-state index in [0.29, 0.717) is 17.4 Å². The van der Waals surface area contributed by atoms with Crippen LogP contribution in [0, 0.1) is 6.92 Å². The van der Waals surface area contributed by atoms with Gasteiger partial charge in [-0.2, -0.15) is 13.2 Å². The molecule has 0 unspecified atom stereocenters. The minimum atomic E-state index is -4.62. The van der Waals surface area contributed by atoms with Gasteiger partial charge in [0.1, 0.15) is 5.69 Å². The van der Waals surface area contributed by atoms with E-state index in [1.165, 1.54) is 11.6 Å². The average molecular weight is 447 g/mol. The number of esters is 1. The van der Waals surface area contributed by atoms with Crippen molar-refractivity contribution in [3.05, 3.63) is 81.8 Å². The Morgan fingerprint density at radius 3 is 2.34 bits per heavy atom. The zero-order valence-electron chi connectivity index (χ0n) is 17.4. The number of aromatic nitrogens is 2. The van der Waals surface area contributed by atoms with E-state index in [-0.39, 0.29) is 11.3 Å². The van der Waals surface area contributed by atoms with Gasteiger partial charge in [-0.1, -0.05) is 24.3 Å². The van der Waals surface area contributed by atoms with Gasteiger partial charge in [-0.15, -0.1) is 0 Å². The number of alkyl halides is 3. The molecule has 0 bridgehead atoms. The minimum Gasteiger partial charge on any atom is -0.449 e. The highest BCUT2D eigenvalue weighted by atomic mass is 19.4. The van der Waals surface area contributed by atoms with Crippen molar-refractivity contribution < 1.29 is 27.5 Å². The number of ether oxygens (including phenoxy) is 1. The van der Waals surface area contributed by atoms with Crippen LogP contribution in [0.15, 0.2) is 59.4 Å². The molecule has 1 N–H and O–H groups in total. The molecule has 1 atom stereocenters. The lowest BCUT2D eigenvalue weighted by atomic mass is 10.1. The van der Waals surface area contributed by atoms with Crippen LogP contribution in [0.5, 0.6) is 0 Å². The first-order valence-corrected chi connectivity index (χ1v) is 9.54. The molecular formula is C22H20F3N3O4. The summed E-state index contributed by atoms with van der Waals surface area (Å²) in [6.07, 6.45) is -5.98. The molecule has 2 aromatic carbocycles. The second-order valence-electron chi connectivity index (χ2n) is 7.05. The van der Waals surface area contributed by atoms with Crippen LogP contribution in [0.25, 0.3) is 5.69 Å². The average Bonchev–Trinajstić information content (AvgIpc) is 2.96. The molecule has 10 heteroatoms. The molecule has 0 aliphatic carbocycles. The highest BCUT2D eigenvalue weighted by Crippen LogP contribution is 2.29. The summed E-state index contributed by atoms with van der Waals surface area (Å²) in [6, 6.07) is 12.5. The highest BCUT2D eigenvalue weighted by Gasteiger charge is 2.31. The van der Waals surface area contributed by atoms with Crippen molar-refractivity contribution >= 4 is 17.6 Å². The fourth-order valence-electron chi connectivity index (χ4n) is 3.04. The van der Waals surface area contributed by atoms with E-state index in [9.17, 15) is 27.6 Å². The molecule has 7 nitrogen and oxygen atoms in total. The summed E-state index contributed by atoms with van der Waals surface area (Å²) in [5.41, 5.74) is -0.785. The predicted molar refractivity (Wildman–Crippen MR) is 111 cm³/mol. The smallest absolute Gasteiger partial charge is 0.416 e. The van der Waals surface area contributed by atoms with E-state index < -0.39 is 35.3 Å². The second-order valence-corrected chi connectivity index (χ2v) is 7.05. The number of nitrogens with one attached hydrogen (secondary N) is 1. The Kier molecular flexibility index (Phi) is 6.24. The summed E-state index contributed by atoms with van der Waals surface area (Å²) in [6.45, 7) is 2.89. The first kappa shape index (κ1) is 22.9. The summed E-state index contributed by atoms with van der Waals surface area (Å²) in [5.74, 6) is -1.89. The molecule has 3 aromatic rings. The summed E-state index contributed by atoms with van der Waals surface area (Å²) in [5, 5.41) is 2.45. The van der Waals surface area contributed by atoms with E-state index in [2.05, 4.69) is 5.32 Å². The van der Waals surface area contributed by atoms with Gasteiger partial charge in [-0.3, -0.25) is 14.3 Å². The van der Waals surface area contributed by atoms with Crippen molar-refractivity contribution in [2.75, 3.05) is 5.32 Å². The van der Waals surface area contributed by atoms with Gasteiger partial charge in [0.25, 0.3) is 11.5 Å². The van der Waals surface area contributed by atoms with E-state index in [4.69, 9.17) is 4.74 Å². The summed E-state index contributed by atoms with van der Waals surface area (Å²) in [7, 11) is 1.65. The monoisotopic (exact) mass is 447 g/mol. The molecule has 0 saturated carbocycles. The molecule has 0 radical (unpaired) electrons. The molecule has 1 heterocycles. The standard InChI is InChI=1S/C22H20F3N3O4/c1-13-18(20(30)28(27(13)3)17-10-5-4-6-11-17)26-19(29)14(2)32-21(31)15-8-7-9-16(12-15)22(23,24)25/h4-12,14H,1-3H3,(H,26,29)/t14-/m1/s1. The summed E-state index contributed by atoms with van der Waals surface area (Å²) in [4.78, 5) is 37.6. The zero-order valence-corrected chi connectivity index (χ0v) is 17.4. The second kappa shape index (κ2) is 8.74. The van der Waals surface area contributed by atoms with Gasteiger partial charge in [0.2, 0.25) is 0 Å². The number of anilines is 1. The third kappa shape index (κ3) is 4.58. The number of hydrogen-bond acceptors (Lipinski definition) is 4. The first-order chi connectivity index (χ1) is 15.0. The Bertz CT molecular complexity index is 1210. The SMILES string of the molecule is Cc1c(NC(=O)[C@@H](C)OC(=O)c2cccc(C(F)(F)F)c2)c(=O)n(-c2ccccc2)n1C. The van der Waals surface area contributed by atoms with Crippen molar-refractivity contribution in [1.82, 2.24) is 9.36 Å². The third-order valence-electron chi connectivity index (χ3n) is 4.88. The minimum absolute atomic E-state index is 0.00307. The number of nitrogens with zero attached hydrogens (tertiary/aromatic N) is 2. The van der Waals surface area contributed by atoms with E-state index in [0.717, 1.165) is 18.2 Å². The number of rotatable bonds is 5. The van der Waals surface area contributed by atoms with Gasteiger partial charge in [0.15, 0.2) is 6.10 Å². The largest absolute Gasteiger partial charge is 0.449 e. The van der Waals surface area contributed by atoms with Crippen LogP contribution in [-0.2, 0) is 22.8 Å². The van der Waals surface area contributed by atoms with Crippen molar-refractivity contribution in [3.63, 3.8) is 0 Å². The van der Waals surface area contributed by atoms with Gasteiger partial charge in [0, 0.05) is 7.05 Å². The maximum atomic E-state index is 12.9. The summed E-state index contributed by atoms with van der Waals surface area (Å²) < 4.78 is 46.5. The maximum absolute atomic E-state index is 12.9. The van der Waals surface area contributed by atoms with Crippen LogP contribution in [0.2, 0.25) is 0 Å². The lowest BCUT2D eigenvalue weighted by molar-refractivity contribution is -0.137. The quantitative estimate of drug-likeness (QED) is 0.605. The molecule has 0 aliphatic rings. The fourth-order valence-corrected chi connectivity index (χ4v) is 3.04. The van der Waals surface area contributed by atoms with Gasteiger partial charge in [0.05, 0.1) is 22.5 Å². The number of amides is 1. The Labute approximate surface area is 181 Å². The van der Waals surface area contributed by atoms with Crippen molar-refractivity contribution in [3.8, 4) is 5.69 Å². The Morgan fingerprint density at radius 1 is 1.06 bits per heavy atom. The van der Waals surface area contributed by atoms with Gasteiger partial charge in [-0.25, -0.2) is 9.48 Å². The predicted octanol–water partition coefficient (Wildman–Crippen LogP) is 3.69. The van der Waals surface area contributed by atoms with Crippen LogP contribution in [0.1, 0.15) is 28.5 Å². The molecule has 1 amide bonds. The fraction of sp³-hybridized carbons (Fsp3) is 0.227. The number of benzene rings is 2. The Morgan fingerprint density at radius 2 is 1.72 bits per heavy atom. The zero-order chi connectivity index (χ0) is 23.6. The van der Waals surface area contributed by atoms with E-state index >= 15 is 0 Å². The molecule has 168 valence electrons. The molecular weight excluding hydrogens is 427 g/mol. The molecule has 0 spiro atoms. The van der Waals surface area contributed by atoms with Crippen LogP contribution in [0.4, 0.5) is 18.9 Å². The van der Waals surface area contributed by atoms with Crippen molar-refractivity contribution in [2.24, 2.45) is 7.05 Å². The van der Waals surface area contributed by atoms with E-state index in [1.54, 1.807) is 49.0 Å². The Balaban J connectivity index is 1.77. The maximum Gasteiger partial charge on any atom is 0.416 e. The molecule has 0 fully saturated rings. The van der Waals surface area contributed by atoms with Crippen molar-refractivity contribution in [1.29, 1.82) is 0 Å². The molecule has 0 aliphatic heterocycles. The molecule has 0 saturated heterocycles. The van der Waals surface area contributed by atoms with Gasteiger partial charge < -0.3 is 10.1 Å². The molecule has 32 heavy (non-hydrogen) atoms. The summed E-state index contributed by atoms with van der Waals surface area (Å²) >= 11 is 0. The Hall–Kier alpha value is -3.82. The lowest BCUT2D eigenvalue weighted by Gasteiger charge is -2.14. The lowest BCUT2D eigenvalue weighted by Crippen LogP contribution is -2.32. The number of para-hydroxylation sites is 1. The topological polar surface area (TPSA) is 82.3 Å². The van der Waals surface area contributed by atoms with Crippen LogP contribution >= 0.6 is 0 Å². The van der Waals surface area contributed by atoms with Crippen LogP contribution in [-0.4, -0.2) is 27.3 Å². The van der Waals surface area contributed by atoms with Gasteiger partial charge in [-0.05, 0) is 44.2 Å². The number of carbonyl (C=O) groups is 2. The van der Waals surface area contributed by atoms with E-state index in [1.807, 2.05) is 0 Å². The molecule has 1 aromatic heterocycles. The number of halogens is 3. The number of hydrogen-bond donors (Lipinski definition) is 1. The van der Waals surface area contributed by atoms with Crippen molar-refractivity contribution in [2.45, 2.75) is 26.1 Å². The first-order valence-electron chi connectivity index (χ1n) is 9.54. The number of carbonyl (C=O) groups excluding carboxylic acids is 2. The molecule has 3 rings (SSSR count). The highest BCUT2D eigenvalue weighted by molar-refractivity contribution is 5.97. The van der Waals surface area contributed by atoms with Gasteiger partial charge >= 0.3 is 12.1 Å². The normalized spacial score (nSPS) is 12.3. The third-order valence-corrected chi connectivity index (χ3v) is 4.88. The van der Waals surface area contributed by atoms with Crippen LogP contribution in [0.3, 0.4) is 0 Å².